The van der Waals surface area contributed by atoms with E-state index in [1.165, 1.54) is 29.0 Å². The van der Waals surface area contributed by atoms with Crippen molar-refractivity contribution in [1.82, 2.24) is 20.2 Å². The lowest BCUT2D eigenvalue weighted by molar-refractivity contribution is -0.119. The predicted octanol–water partition coefficient (Wildman–Crippen LogP) is 0.0343. The van der Waals surface area contributed by atoms with E-state index in [0.717, 1.165) is 0 Å². The Morgan fingerprint density at radius 3 is 2.74 bits per heavy atom. The summed E-state index contributed by atoms with van der Waals surface area (Å²) in [5.41, 5.74) is 0.392. The molecule has 1 amide bonds. The molecule has 0 aliphatic carbocycles. The lowest BCUT2D eigenvalue weighted by Crippen LogP contribution is -2.31. The van der Waals surface area contributed by atoms with E-state index in [0.29, 0.717) is 5.69 Å². The molecule has 0 aliphatic rings. The van der Waals surface area contributed by atoms with Gasteiger partial charge in [0.1, 0.15) is 12.9 Å². The number of carboxylic acids is 1. The second-order valence-electron chi connectivity index (χ2n) is 3.78. The second kappa shape index (κ2) is 5.25. The number of anilines is 1. The monoisotopic (exact) mass is 261 g/mol. The van der Waals surface area contributed by atoms with Gasteiger partial charge in [0, 0.05) is 7.05 Å². The fourth-order valence-electron chi connectivity index (χ4n) is 1.58. The third kappa shape index (κ3) is 2.73. The van der Waals surface area contributed by atoms with Gasteiger partial charge in [0.15, 0.2) is 0 Å². The molecule has 0 atom stereocenters. The number of hydrogen-bond acceptors (Lipinski definition) is 5. The highest BCUT2D eigenvalue weighted by Crippen LogP contribution is 2.19. The van der Waals surface area contributed by atoms with E-state index < -0.39 is 5.97 Å². The Bertz CT molecular complexity index is 596. The van der Waals surface area contributed by atoms with Crippen LogP contribution >= 0.6 is 0 Å². The van der Waals surface area contributed by atoms with Gasteiger partial charge >= 0.3 is 5.97 Å². The van der Waals surface area contributed by atoms with Crippen molar-refractivity contribution in [3.05, 3.63) is 36.2 Å². The molecule has 0 bridgehead atoms. The molecular formula is C11H11N5O3. The molecule has 1 aromatic heterocycles. The Kier molecular flexibility index (Phi) is 3.51. The van der Waals surface area contributed by atoms with Gasteiger partial charge in [-0.15, -0.1) is 5.10 Å². The average molecular weight is 261 g/mol. The number of likely N-dealkylation sites (N-methyl/N-ethyl adjacent to an activating group) is 1. The molecule has 0 saturated carbocycles. The minimum Gasteiger partial charge on any atom is -0.478 e. The third-order valence-electron chi connectivity index (χ3n) is 2.56. The van der Waals surface area contributed by atoms with Crippen LogP contribution in [-0.4, -0.2) is 44.2 Å². The Morgan fingerprint density at radius 1 is 1.37 bits per heavy atom. The Hall–Kier alpha value is -2.77. The molecule has 0 fully saturated rings. The fraction of sp³-hybridized carbons (Fsp3) is 0.182. The smallest absolute Gasteiger partial charge is 0.337 e. The average Bonchev–Trinajstić information content (AvgIpc) is 2.90. The van der Waals surface area contributed by atoms with Crippen LogP contribution in [0.2, 0.25) is 0 Å². The summed E-state index contributed by atoms with van der Waals surface area (Å²) in [7, 11) is 1.51. The summed E-state index contributed by atoms with van der Waals surface area (Å²) >= 11 is 0. The van der Waals surface area contributed by atoms with Crippen molar-refractivity contribution in [2.75, 3.05) is 11.9 Å². The highest BCUT2D eigenvalue weighted by Gasteiger charge is 2.18. The van der Waals surface area contributed by atoms with E-state index >= 15 is 0 Å². The molecule has 2 aromatic rings. The van der Waals surface area contributed by atoms with Crippen molar-refractivity contribution in [2.24, 2.45) is 0 Å². The number of amides is 1. The van der Waals surface area contributed by atoms with Crippen LogP contribution in [0.1, 0.15) is 10.4 Å². The third-order valence-corrected chi connectivity index (χ3v) is 2.56. The number of carbonyl (C=O) groups is 2. The minimum atomic E-state index is -1.09. The van der Waals surface area contributed by atoms with E-state index in [9.17, 15) is 9.59 Å². The number of carbonyl (C=O) groups excluding carboxylic acids is 1. The van der Waals surface area contributed by atoms with Gasteiger partial charge in [0.25, 0.3) is 0 Å². The molecule has 1 N–H and O–H groups in total. The molecule has 98 valence electrons. The molecule has 0 spiro atoms. The molecular weight excluding hydrogens is 250 g/mol. The lowest BCUT2D eigenvalue weighted by atomic mass is 10.1. The topological polar surface area (TPSA) is 101 Å². The second-order valence-corrected chi connectivity index (χ2v) is 3.78. The van der Waals surface area contributed by atoms with Gasteiger partial charge in [0.2, 0.25) is 5.91 Å². The molecule has 0 radical (unpaired) electrons. The molecule has 0 aliphatic heterocycles. The van der Waals surface area contributed by atoms with Gasteiger partial charge in [-0.1, -0.05) is 12.1 Å². The summed E-state index contributed by atoms with van der Waals surface area (Å²) < 4.78 is 1.27. The van der Waals surface area contributed by atoms with Gasteiger partial charge in [0.05, 0.1) is 11.3 Å². The highest BCUT2D eigenvalue weighted by molar-refractivity contribution is 6.01. The number of para-hydroxylation sites is 1. The molecule has 1 aromatic carbocycles. The summed E-state index contributed by atoms with van der Waals surface area (Å²) in [6.45, 7) is -0.0581. The van der Waals surface area contributed by atoms with E-state index in [-0.39, 0.29) is 18.0 Å². The molecule has 19 heavy (non-hydrogen) atoms. The summed E-state index contributed by atoms with van der Waals surface area (Å²) in [5, 5.41) is 19.5. The van der Waals surface area contributed by atoms with Crippen molar-refractivity contribution in [3.8, 4) is 0 Å². The summed E-state index contributed by atoms with van der Waals surface area (Å²) in [6.07, 6.45) is 1.31. The first-order valence-corrected chi connectivity index (χ1v) is 5.39. The van der Waals surface area contributed by atoms with Crippen LogP contribution in [0.15, 0.2) is 30.6 Å². The first-order valence-electron chi connectivity index (χ1n) is 5.39. The quantitative estimate of drug-likeness (QED) is 0.833. The number of hydrogen-bond donors (Lipinski definition) is 1. The highest BCUT2D eigenvalue weighted by atomic mass is 16.4. The van der Waals surface area contributed by atoms with Gasteiger partial charge in [-0.3, -0.25) is 4.79 Å². The Morgan fingerprint density at radius 2 is 2.11 bits per heavy atom. The Labute approximate surface area is 108 Å². The Balaban J connectivity index is 2.22. The fourth-order valence-corrected chi connectivity index (χ4v) is 1.58. The maximum absolute atomic E-state index is 12.0. The normalized spacial score (nSPS) is 10.2. The predicted molar refractivity (Wildman–Crippen MR) is 64.6 cm³/mol. The first kappa shape index (κ1) is 12.7. The van der Waals surface area contributed by atoms with E-state index in [1.54, 1.807) is 18.2 Å². The van der Waals surface area contributed by atoms with Crippen LogP contribution in [0.25, 0.3) is 0 Å². The zero-order chi connectivity index (χ0) is 13.8. The summed E-state index contributed by atoms with van der Waals surface area (Å²) in [6, 6.07) is 6.29. The van der Waals surface area contributed by atoms with E-state index in [4.69, 9.17) is 5.11 Å². The van der Waals surface area contributed by atoms with Crippen molar-refractivity contribution in [1.29, 1.82) is 0 Å². The van der Waals surface area contributed by atoms with Crippen molar-refractivity contribution in [3.63, 3.8) is 0 Å². The van der Waals surface area contributed by atoms with Crippen molar-refractivity contribution < 1.29 is 14.7 Å². The van der Waals surface area contributed by atoms with Crippen LogP contribution in [0.3, 0.4) is 0 Å². The summed E-state index contributed by atoms with van der Waals surface area (Å²) in [4.78, 5) is 24.4. The molecule has 1 heterocycles. The molecule has 8 heteroatoms. The van der Waals surface area contributed by atoms with Crippen molar-refractivity contribution in [2.45, 2.75) is 6.54 Å². The zero-order valence-corrected chi connectivity index (χ0v) is 10.1. The van der Waals surface area contributed by atoms with E-state index in [2.05, 4.69) is 15.5 Å². The number of aromatic carboxylic acids is 1. The van der Waals surface area contributed by atoms with Crippen LogP contribution in [-0.2, 0) is 11.3 Å². The minimum absolute atomic E-state index is 0.0581. The maximum atomic E-state index is 12.0. The number of carboxylic acid groups (broad SMARTS) is 1. The zero-order valence-electron chi connectivity index (χ0n) is 10.1. The van der Waals surface area contributed by atoms with Gasteiger partial charge < -0.3 is 10.0 Å². The maximum Gasteiger partial charge on any atom is 0.337 e. The summed E-state index contributed by atoms with van der Waals surface area (Å²) in [5.74, 6) is -1.40. The molecule has 2 rings (SSSR count). The number of aromatic nitrogens is 4. The van der Waals surface area contributed by atoms with Gasteiger partial charge in [-0.05, 0) is 22.6 Å². The first-order chi connectivity index (χ1) is 9.09. The number of nitrogens with zero attached hydrogens (tertiary/aromatic N) is 5. The molecule has 0 saturated heterocycles. The number of tetrazole rings is 1. The van der Waals surface area contributed by atoms with Crippen LogP contribution in [0, 0.1) is 0 Å². The SMILES string of the molecule is CN(C(=O)Cn1cnnn1)c1ccccc1C(=O)O. The van der Waals surface area contributed by atoms with Crippen LogP contribution < -0.4 is 4.90 Å². The number of benzene rings is 1. The van der Waals surface area contributed by atoms with Crippen LogP contribution in [0.5, 0.6) is 0 Å². The van der Waals surface area contributed by atoms with E-state index in [1.807, 2.05) is 0 Å². The number of rotatable bonds is 4. The molecule has 8 nitrogen and oxygen atoms in total. The molecule has 0 unspecified atom stereocenters. The van der Waals surface area contributed by atoms with Gasteiger partial charge in [-0.2, -0.15) is 0 Å². The van der Waals surface area contributed by atoms with Gasteiger partial charge in [-0.25, -0.2) is 9.48 Å². The van der Waals surface area contributed by atoms with Crippen LogP contribution in [0.4, 0.5) is 5.69 Å². The lowest BCUT2D eigenvalue weighted by Gasteiger charge is -2.18. The standard InChI is InChI=1S/C11H11N5O3/c1-15(10(17)6-16-7-12-13-14-16)9-5-3-2-4-8(9)11(18)19/h2-5,7H,6H2,1H3,(H,18,19). The van der Waals surface area contributed by atoms with Crippen molar-refractivity contribution >= 4 is 17.6 Å². The largest absolute Gasteiger partial charge is 0.478 e.